The Bertz CT molecular complexity index is 1870. The van der Waals surface area contributed by atoms with Crippen LogP contribution in [-0.2, 0) is 27.8 Å². The number of carboxylic acid groups (broad SMARTS) is 1. The van der Waals surface area contributed by atoms with Gasteiger partial charge in [0.15, 0.2) is 0 Å². The summed E-state index contributed by atoms with van der Waals surface area (Å²) in [5, 5.41) is 43.6. The molecule has 56 heavy (non-hydrogen) atoms. The van der Waals surface area contributed by atoms with E-state index in [4.69, 9.17) is 5.21 Å². The number of benzene rings is 2. The number of hydrogen-bond donors (Lipinski definition) is 6. The molecule has 0 aliphatic carbocycles. The average molecular weight is 816 g/mol. The minimum absolute atomic E-state index is 0.00688. The Morgan fingerprint density at radius 2 is 1.62 bits per heavy atom. The van der Waals surface area contributed by atoms with E-state index >= 15 is 0 Å². The van der Waals surface area contributed by atoms with Gasteiger partial charge in [-0.25, -0.2) is 23.0 Å². The van der Waals surface area contributed by atoms with Gasteiger partial charge in [-0.2, -0.15) is 4.31 Å². The second kappa shape index (κ2) is 20.5. The van der Waals surface area contributed by atoms with Gasteiger partial charge in [-0.05, 0) is 46.9 Å². The number of aromatic nitrogens is 1. The maximum absolute atomic E-state index is 14.1. The van der Waals surface area contributed by atoms with Crippen LogP contribution in [0.4, 0.5) is 9.59 Å². The number of aliphatic hydroxyl groups is 1. The Morgan fingerprint density at radius 1 is 0.982 bits per heavy atom. The third kappa shape index (κ3) is 13.3. The molecule has 0 aliphatic heterocycles. The van der Waals surface area contributed by atoms with Gasteiger partial charge in [0.1, 0.15) is 11.0 Å². The number of nitrogens with one attached hydrogen (secondary N) is 3. The van der Waals surface area contributed by atoms with Crippen molar-refractivity contribution in [3.8, 4) is 0 Å². The zero-order valence-electron chi connectivity index (χ0n) is 33.3. The summed E-state index contributed by atoms with van der Waals surface area (Å²) in [4.78, 5) is 45.1. The van der Waals surface area contributed by atoms with Crippen LogP contribution in [0.5, 0.6) is 0 Å². The van der Waals surface area contributed by atoms with Crippen LogP contribution in [0.3, 0.4) is 0 Å². The molecule has 0 saturated carbocycles. The van der Waals surface area contributed by atoms with Crippen LogP contribution in [0, 0.1) is 17.3 Å². The van der Waals surface area contributed by atoms with Crippen molar-refractivity contribution in [1.82, 2.24) is 30.1 Å². The number of sulfonamides is 1. The maximum Gasteiger partial charge on any atom is 0.405 e. The highest BCUT2D eigenvalue weighted by Gasteiger charge is 2.35. The lowest BCUT2D eigenvalue weighted by atomic mass is 9.87. The van der Waals surface area contributed by atoms with Crippen molar-refractivity contribution in [3.63, 3.8) is 0 Å². The lowest BCUT2D eigenvalue weighted by Crippen LogP contribution is -2.58. The van der Waals surface area contributed by atoms with E-state index in [1.807, 2.05) is 78.8 Å². The van der Waals surface area contributed by atoms with E-state index in [-0.39, 0.29) is 42.8 Å². The number of amides is 4. The molecular weight excluding hydrogens is 759 g/mol. The van der Waals surface area contributed by atoms with E-state index in [0.717, 1.165) is 5.56 Å². The minimum Gasteiger partial charge on any atom is -0.465 e. The first-order valence-electron chi connectivity index (χ1n) is 18.5. The van der Waals surface area contributed by atoms with Crippen LogP contribution in [0.25, 0.3) is 0 Å². The van der Waals surface area contributed by atoms with Crippen molar-refractivity contribution in [2.75, 3.05) is 20.1 Å². The molecule has 0 saturated heterocycles. The Labute approximate surface area is 334 Å². The van der Waals surface area contributed by atoms with Gasteiger partial charge in [-0.3, -0.25) is 4.79 Å². The fourth-order valence-electron chi connectivity index (χ4n) is 5.94. The van der Waals surface area contributed by atoms with Crippen LogP contribution in [0.15, 0.2) is 70.0 Å². The summed E-state index contributed by atoms with van der Waals surface area (Å²) in [7, 11) is -2.54. The molecule has 15 nitrogen and oxygen atoms in total. The SMILES string of the molecule is CC[C@H](C)[C@H](NC(=O)N(C)Cc1csc(C(NC(=O)O)C(C)(C)C)n1)C(=O)N[C@@H](Cc1ccccc1)[C@H](O)CN(CC(C)C)S(=O)(=O)c1ccc(/C=N/O)cc1. The van der Waals surface area contributed by atoms with Gasteiger partial charge in [-0.15, -0.1) is 11.3 Å². The van der Waals surface area contributed by atoms with Crippen molar-refractivity contribution >= 4 is 45.6 Å². The van der Waals surface area contributed by atoms with E-state index in [2.05, 4.69) is 26.1 Å². The zero-order valence-corrected chi connectivity index (χ0v) is 35.0. The van der Waals surface area contributed by atoms with Crippen LogP contribution in [0.1, 0.15) is 82.8 Å². The Morgan fingerprint density at radius 3 is 2.18 bits per heavy atom. The predicted octanol–water partition coefficient (Wildman–Crippen LogP) is 5.30. The van der Waals surface area contributed by atoms with Crippen LogP contribution in [0.2, 0.25) is 0 Å². The number of hydrogen-bond acceptors (Lipinski definition) is 10. The zero-order chi connectivity index (χ0) is 41.8. The number of oxime groups is 1. The van der Waals surface area contributed by atoms with Crippen molar-refractivity contribution in [2.24, 2.45) is 22.4 Å². The average Bonchev–Trinajstić information content (AvgIpc) is 3.59. The Balaban J connectivity index is 1.84. The normalized spacial score (nSPS) is 14.9. The maximum atomic E-state index is 14.1. The molecule has 308 valence electrons. The first-order chi connectivity index (χ1) is 26.3. The highest BCUT2D eigenvalue weighted by molar-refractivity contribution is 7.89. The van der Waals surface area contributed by atoms with Gasteiger partial charge in [0, 0.05) is 25.5 Å². The first-order valence-corrected chi connectivity index (χ1v) is 20.8. The number of nitrogens with zero attached hydrogens (tertiary/aromatic N) is 4. The van der Waals surface area contributed by atoms with Crippen LogP contribution >= 0.6 is 11.3 Å². The molecule has 1 heterocycles. The molecule has 17 heteroatoms. The molecule has 3 rings (SSSR count). The highest BCUT2D eigenvalue weighted by atomic mass is 32.2. The molecular formula is C39H57N7O8S2. The van der Waals surface area contributed by atoms with Gasteiger partial charge >= 0.3 is 12.1 Å². The molecule has 1 unspecified atom stereocenters. The van der Waals surface area contributed by atoms with Crippen molar-refractivity contribution in [2.45, 2.75) is 97.0 Å². The fourth-order valence-corrected chi connectivity index (χ4v) is 8.66. The predicted molar refractivity (Wildman–Crippen MR) is 216 cm³/mol. The van der Waals surface area contributed by atoms with E-state index in [1.54, 1.807) is 12.4 Å². The first kappa shape index (κ1) is 45.8. The van der Waals surface area contributed by atoms with Gasteiger partial charge < -0.3 is 36.3 Å². The molecule has 5 atom stereocenters. The smallest absolute Gasteiger partial charge is 0.405 e. The summed E-state index contributed by atoms with van der Waals surface area (Å²) in [5.74, 6) is -0.956. The molecule has 1 aromatic heterocycles. The second-order valence-corrected chi connectivity index (χ2v) is 18.3. The topological polar surface area (TPSA) is 214 Å². The number of carbonyl (C=O) groups excluding carboxylic acids is 2. The Kier molecular flexibility index (Phi) is 16.8. The summed E-state index contributed by atoms with van der Waals surface area (Å²) in [6.07, 6.45) is -0.619. The lowest BCUT2D eigenvalue weighted by Gasteiger charge is -2.33. The number of thiazole rings is 1. The Hall–Kier alpha value is -4.58. The minimum atomic E-state index is -4.10. The van der Waals surface area contributed by atoms with Gasteiger partial charge in [0.2, 0.25) is 15.9 Å². The number of urea groups is 1. The standard InChI is InChI=1S/C39H57N7O8S2/c1-9-26(4)33(43-37(49)45(8)22-29-24-55-36(41-29)34(39(5,6)7)44-38(50)51)35(48)42-31(19-27-13-11-10-12-14-27)32(47)23-46(21-25(2)3)56(53,54)30-17-15-28(16-18-30)20-40-52/h10-18,20,24-26,31-34,44,47,52H,9,19,21-23H2,1-8H3,(H,42,48)(H,43,49)(H,50,51)/b40-20+/t26-,31-,32+,33-,34?/m0/s1. The highest BCUT2D eigenvalue weighted by Crippen LogP contribution is 2.34. The number of rotatable bonds is 19. The van der Waals surface area contributed by atoms with Gasteiger partial charge in [-0.1, -0.05) is 103 Å². The summed E-state index contributed by atoms with van der Waals surface area (Å²) >= 11 is 1.29. The molecule has 0 spiro atoms. The summed E-state index contributed by atoms with van der Waals surface area (Å²) < 4.78 is 29.0. The van der Waals surface area contributed by atoms with Crippen molar-refractivity contribution in [3.05, 3.63) is 81.8 Å². The van der Waals surface area contributed by atoms with Gasteiger partial charge in [0.05, 0.1) is 41.5 Å². The van der Waals surface area contributed by atoms with Crippen molar-refractivity contribution < 1.29 is 38.2 Å². The largest absolute Gasteiger partial charge is 0.465 e. The number of carbonyl (C=O) groups is 3. The summed E-state index contributed by atoms with van der Waals surface area (Å²) in [5.41, 5.74) is 1.40. The quantitative estimate of drug-likeness (QED) is 0.0526. The third-order valence-electron chi connectivity index (χ3n) is 9.25. The second-order valence-electron chi connectivity index (χ2n) is 15.5. The summed E-state index contributed by atoms with van der Waals surface area (Å²) in [6.45, 7) is 13.0. The van der Waals surface area contributed by atoms with E-state index in [1.165, 1.54) is 51.0 Å². The molecule has 0 bridgehead atoms. The van der Waals surface area contributed by atoms with E-state index in [0.29, 0.717) is 22.7 Å². The molecule has 0 aliphatic rings. The molecule has 3 aromatic rings. The van der Waals surface area contributed by atoms with E-state index in [9.17, 15) is 33.0 Å². The number of aliphatic hydroxyl groups excluding tert-OH is 1. The molecule has 2 aromatic carbocycles. The fraction of sp³-hybridized carbons (Fsp3) is 0.513. The monoisotopic (exact) mass is 815 g/mol. The van der Waals surface area contributed by atoms with E-state index < -0.39 is 57.7 Å². The van der Waals surface area contributed by atoms with Crippen LogP contribution < -0.4 is 16.0 Å². The van der Waals surface area contributed by atoms with Crippen molar-refractivity contribution in [1.29, 1.82) is 0 Å². The molecule has 6 N–H and O–H groups in total. The molecule has 0 fully saturated rings. The molecule has 4 amide bonds. The van der Waals surface area contributed by atoms with Gasteiger partial charge in [0.25, 0.3) is 0 Å². The molecule has 0 radical (unpaired) electrons. The third-order valence-corrected chi connectivity index (χ3v) is 12.0. The summed E-state index contributed by atoms with van der Waals surface area (Å²) in [6, 6.07) is 12.0. The van der Waals surface area contributed by atoms with Crippen LogP contribution in [-0.4, -0.2) is 101 Å². The lowest BCUT2D eigenvalue weighted by molar-refractivity contribution is -0.125.